The third kappa shape index (κ3) is 9.34. The van der Waals surface area contributed by atoms with Crippen LogP contribution in [-0.2, 0) is 21.1 Å². The van der Waals surface area contributed by atoms with Crippen molar-refractivity contribution in [2.75, 3.05) is 6.16 Å². The summed E-state index contributed by atoms with van der Waals surface area (Å²) in [5, 5.41) is 2.88. The van der Waals surface area contributed by atoms with Crippen molar-refractivity contribution in [1.29, 1.82) is 0 Å². The number of aromatic nitrogens is 1. The van der Waals surface area contributed by atoms with Gasteiger partial charge in [0.1, 0.15) is 0 Å². The Morgan fingerprint density at radius 2 is 0.854 bits per heavy atom. The molecular formula is C37H32ClNPPt+. The van der Waals surface area contributed by atoms with E-state index in [1.807, 2.05) is 42.6 Å². The van der Waals surface area contributed by atoms with Gasteiger partial charge in [-0.2, -0.15) is 0 Å². The molecule has 206 valence electrons. The summed E-state index contributed by atoms with van der Waals surface area (Å²) in [7, 11) is -0.437. The van der Waals surface area contributed by atoms with Gasteiger partial charge in [-0.25, -0.2) is 0 Å². The second-order valence-corrected chi connectivity index (χ2v) is 11.5. The smallest absolute Gasteiger partial charge is 1.00 e. The zero-order valence-electron chi connectivity index (χ0n) is 22.6. The number of hydrogen-bond acceptors (Lipinski definition) is 1. The van der Waals surface area contributed by atoms with Gasteiger partial charge in [0.15, 0.2) is 0 Å². The van der Waals surface area contributed by atoms with Gasteiger partial charge in [0.2, 0.25) is 0 Å². The normalized spacial score (nSPS) is 10.1. The number of nitrogens with zero attached hydrogens (tertiary/aromatic N) is 1. The van der Waals surface area contributed by atoms with E-state index >= 15 is 0 Å². The Morgan fingerprint density at radius 3 is 1.27 bits per heavy atom. The van der Waals surface area contributed by atoms with Crippen molar-refractivity contribution in [2.45, 2.75) is 5.92 Å². The van der Waals surface area contributed by atoms with Crippen LogP contribution in [0.25, 0.3) is 11.3 Å². The maximum atomic E-state index is 4.25. The molecule has 0 amide bonds. The standard InChI is InChI=1S/C26H23P.C11H9N.ClH.Pt/c1-5-13-22(14-6-1)26(23-15-7-2-8-16-23)21-27(24-17-9-3-10-18-24)25-19-11-4-12-20-25;1-2-6-10(7-3-1)11-8-4-5-9-12-11;;/h1-20,26H,21H2;1-9H;1H;/q;;;+2/p-1. The Bertz CT molecular complexity index is 1310. The minimum absolute atomic E-state index is 0. The van der Waals surface area contributed by atoms with Crippen molar-refractivity contribution < 1.29 is 33.5 Å². The van der Waals surface area contributed by atoms with Crippen LogP contribution in [0.2, 0.25) is 0 Å². The Kier molecular flexibility index (Phi) is 13.7. The molecule has 0 N–H and O–H groups in total. The van der Waals surface area contributed by atoms with E-state index < -0.39 is 7.92 Å². The zero-order valence-corrected chi connectivity index (χ0v) is 26.5. The third-order valence-electron chi connectivity index (χ3n) is 6.64. The average Bonchev–Trinajstić information content (AvgIpc) is 3.04. The zero-order chi connectivity index (χ0) is 26.5. The molecule has 5 aromatic carbocycles. The number of hydrogen-bond donors (Lipinski definition) is 0. The first-order valence-electron chi connectivity index (χ1n) is 13.3. The fourth-order valence-corrected chi connectivity index (χ4v) is 7.25. The molecule has 0 aliphatic carbocycles. The van der Waals surface area contributed by atoms with Crippen LogP contribution in [0.5, 0.6) is 0 Å². The molecule has 1 aromatic heterocycles. The van der Waals surface area contributed by atoms with Gasteiger partial charge < -0.3 is 12.4 Å². The Labute approximate surface area is 266 Å². The maximum absolute atomic E-state index is 4.25. The van der Waals surface area contributed by atoms with E-state index in [-0.39, 0.29) is 33.5 Å². The molecule has 0 bridgehead atoms. The van der Waals surface area contributed by atoms with E-state index in [4.69, 9.17) is 0 Å². The van der Waals surface area contributed by atoms with E-state index in [0.717, 1.165) is 17.4 Å². The predicted octanol–water partition coefficient (Wildman–Crippen LogP) is 5.70. The van der Waals surface area contributed by atoms with Gasteiger partial charge >= 0.3 is 21.1 Å². The number of rotatable bonds is 7. The van der Waals surface area contributed by atoms with Gasteiger partial charge in [-0.05, 0) is 48.0 Å². The first-order valence-corrected chi connectivity index (χ1v) is 14.8. The van der Waals surface area contributed by atoms with E-state index in [1.54, 1.807) is 0 Å². The molecule has 0 aliphatic heterocycles. The van der Waals surface area contributed by atoms with Gasteiger partial charge in [0.05, 0.1) is 5.69 Å². The second-order valence-electron chi connectivity index (χ2n) is 9.24. The minimum Gasteiger partial charge on any atom is -1.00 e. The Balaban J connectivity index is 0.000000279. The van der Waals surface area contributed by atoms with Crippen molar-refractivity contribution in [3.05, 3.63) is 187 Å². The summed E-state index contributed by atoms with van der Waals surface area (Å²) in [5.74, 6) is 0.388. The van der Waals surface area contributed by atoms with Crippen LogP contribution < -0.4 is 23.0 Å². The summed E-state index contributed by atoms with van der Waals surface area (Å²) in [4.78, 5) is 4.25. The minimum atomic E-state index is -0.437. The molecule has 0 spiro atoms. The van der Waals surface area contributed by atoms with Crippen LogP contribution in [0.3, 0.4) is 0 Å². The molecule has 0 radical (unpaired) electrons. The topological polar surface area (TPSA) is 12.9 Å². The average molecular weight is 752 g/mol. The summed E-state index contributed by atoms with van der Waals surface area (Å²) in [6, 6.07) is 59.9. The molecule has 0 aliphatic rings. The summed E-state index contributed by atoms with van der Waals surface area (Å²) in [5.41, 5.74) is 4.97. The van der Waals surface area contributed by atoms with Gasteiger partial charge in [0.25, 0.3) is 0 Å². The van der Waals surface area contributed by atoms with Crippen molar-refractivity contribution in [2.24, 2.45) is 0 Å². The first-order chi connectivity index (χ1) is 19.4. The Hall–Kier alpha value is -3.34. The van der Waals surface area contributed by atoms with Crippen LogP contribution in [0.15, 0.2) is 176 Å². The van der Waals surface area contributed by atoms with E-state index in [9.17, 15) is 0 Å². The van der Waals surface area contributed by atoms with Crippen molar-refractivity contribution in [3.63, 3.8) is 0 Å². The van der Waals surface area contributed by atoms with Crippen molar-refractivity contribution in [1.82, 2.24) is 4.98 Å². The Morgan fingerprint density at radius 1 is 0.463 bits per heavy atom. The SMILES string of the molecule is [Cl-].[Pt+2].c1ccc(-c2ccccn2)cc1.c1ccc(C(CP(c2ccccc2)c2ccccc2)c2ccccc2)cc1. The molecule has 0 atom stereocenters. The quantitative estimate of drug-likeness (QED) is 0.191. The van der Waals surface area contributed by atoms with Crippen LogP contribution in [-0.4, -0.2) is 11.1 Å². The van der Waals surface area contributed by atoms with E-state index in [2.05, 4.69) is 138 Å². The summed E-state index contributed by atoms with van der Waals surface area (Å²) in [6.45, 7) is 0. The van der Waals surface area contributed by atoms with Crippen LogP contribution >= 0.6 is 7.92 Å². The molecule has 0 fully saturated rings. The molecule has 41 heavy (non-hydrogen) atoms. The fourth-order valence-electron chi connectivity index (χ4n) is 4.67. The molecule has 0 unspecified atom stereocenters. The fraction of sp³-hybridized carbons (Fsp3) is 0.0541. The first kappa shape index (κ1) is 32.2. The summed E-state index contributed by atoms with van der Waals surface area (Å²) >= 11 is 0. The number of pyridine rings is 1. The predicted molar refractivity (Wildman–Crippen MR) is 168 cm³/mol. The van der Waals surface area contributed by atoms with Crippen LogP contribution in [0, 0.1) is 0 Å². The molecular weight excluding hydrogens is 720 g/mol. The molecule has 0 saturated carbocycles. The van der Waals surface area contributed by atoms with Crippen LogP contribution in [0.4, 0.5) is 0 Å². The van der Waals surface area contributed by atoms with Crippen LogP contribution in [0.1, 0.15) is 17.0 Å². The monoisotopic (exact) mass is 751 g/mol. The molecule has 4 heteroatoms. The van der Waals surface area contributed by atoms with Crippen molar-refractivity contribution >= 4 is 18.5 Å². The number of halogens is 1. The molecule has 0 saturated heterocycles. The van der Waals surface area contributed by atoms with E-state index in [0.29, 0.717) is 5.92 Å². The molecule has 6 aromatic rings. The molecule has 1 heterocycles. The van der Waals surface area contributed by atoms with Gasteiger partial charge in [-0.1, -0.05) is 158 Å². The van der Waals surface area contributed by atoms with Gasteiger partial charge in [-0.3, -0.25) is 4.98 Å². The largest absolute Gasteiger partial charge is 2.00 e. The number of benzene rings is 5. The third-order valence-corrected chi connectivity index (χ3v) is 9.21. The van der Waals surface area contributed by atoms with Crippen molar-refractivity contribution in [3.8, 4) is 11.3 Å². The second kappa shape index (κ2) is 17.5. The van der Waals surface area contributed by atoms with Gasteiger partial charge in [0, 0.05) is 17.7 Å². The van der Waals surface area contributed by atoms with Gasteiger partial charge in [-0.15, -0.1) is 0 Å². The molecule has 6 rings (SSSR count). The summed E-state index contributed by atoms with van der Waals surface area (Å²) < 4.78 is 0. The maximum Gasteiger partial charge on any atom is 2.00 e. The van der Waals surface area contributed by atoms with E-state index in [1.165, 1.54) is 21.7 Å². The molecule has 1 nitrogen and oxygen atoms in total. The summed E-state index contributed by atoms with van der Waals surface area (Å²) in [6.07, 6.45) is 2.92.